The molecular weight excluding hydrogens is 294 g/mol. The van der Waals surface area contributed by atoms with Crippen molar-refractivity contribution in [3.63, 3.8) is 0 Å². The molecular formula is C13H27N3O4S. The monoisotopic (exact) mass is 321 g/mol. The van der Waals surface area contributed by atoms with Gasteiger partial charge in [-0.2, -0.15) is 17.0 Å². The van der Waals surface area contributed by atoms with Crippen LogP contribution in [0.3, 0.4) is 0 Å². The quantitative estimate of drug-likeness (QED) is 0.666. The SMILES string of the molecule is COC1CN(S(=O)(=O)N(C)C(C)(C)CN2CCOCC2)C1. The highest BCUT2D eigenvalue weighted by atomic mass is 32.2. The summed E-state index contributed by atoms with van der Waals surface area (Å²) in [7, 11) is -0.151. The molecule has 2 saturated heterocycles. The van der Waals surface area contributed by atoms with E-state index in [0.717, 1.165) is 13.1 Å². The summed E-state index contributed by atoms with van der Waals surface area (Å²) in [6, 6.07) is 0. The number of nitrogens with zero attached hydrogens (tertiary/aromatic N) is 3. The van der Waals surface area contributed by atoms with Gasteiger partial charge in [0.05, 0.1) is 19.3 Å². The molecule has 0 radical (unpaired) electrons. The largest absolute Gasteiger partial charge is 0.379 e. The van der Waals surface area contributed by atoms with Crippen LogP contribution in [0.25, 0.3) is 0 Å². The van der Waals surface area contributed by atoms with Crippen molar-refractivity contribution in [3.8, 4) is 0 Å². The molecule has 2 aliphatic rings. The van der Waals surface area contributed by atoms with Gasteiger partial charge in [-0.15, -0.1) is 0 Å². The summed E-state index contributed by atoms with van der Waals surface area (Å²) in [6.45, 7) is 8.66. The molecule has 2 rings (SSSR count). The molecule has 0 aromatic heterocycles. The Hall–Kier alpha value is -0.250. The molecule has 0 unspecified atom stereocenters. The number of ether oxygens (including phenoxy) is 2. The van der Waals surface area contributed by atoms with Crippen LogP contribution in [-0.4, -0.2) is 93.7 Å². The van der Waals surface area contributed by atoms with E-state index in [0.29, 0.717) is 32.8 Å². The molecule has 0 spiro atoms. The molecule has 0 amide bonds. The van der Waals surface area contributed by atoms with Gasteiger partial charge >= 0.3 is 0 Å². The van der Waals surface area contributed by atoms with Crippen LogP contribution in [0.2, 0.25) is 0 Å². The van der Waals surface area contributed by atoms with Crippen LogP contribution in [0.15, 0.2) is 0 Å². The van der Waals surface area contributed by atoms with E-state index in [2.05, 4.69) is 4.90 Å². The lowest BCUT2D eigenvalue weighted by molar-refractivity contribution is 0.00371. The molecule has 124 valence electrons. The molecule has 0 aliphatic carbocycles. The Morgan fingerprint density at radius 3 is 2.38 bits per heavy atom. The number of likely N-dealkylation sites (N-methyl/N-ethyl adjacent to an activating group) is 1. The summed E-state index contributed by atoms with van der Waals surface area (Å²) in [5.41, 5.74) is -0.464. The Morgan fingerprint density at radius 2 is 1.86 bits per heavy atom. The molecule has 2 heterocycles. The minimum absolute atomic E-state index is 0.0236. The lowest BCUT2D eigenvalue weighted by Gasteiger charge is -2.45. The van der Waals surface area contributed by atoms with Crippen LogP contribution in [0.1, 0.15) is 13.8 Å². The zero-order chi connectivity index (χ0) is 15.7. The molecule has 2 fully saturated rings. The van der Waals surface area contributed by atoms with E-state index < -0.39 is 15.7 Å². The highest BCUT2D eigenvalue weighted by Crippen LogP contribution is 2.25. The zero-order valence-electron chi connectivity index (χ0n) is 13.4. The van der Waals surface area contributed by atoms with E-state index >= 15 is 0 Å². The molecule has 0 bridgehead atoms. The fourth-order valence-electron chi connectivity index (χ4n) is 2.63. The summed E-state index contributed by atoms with van der Waals surface area (Å²) < 4.78 is 38.7. The van der Waals surface area contributed by atoms with Gasteiger partial charge in [-0.05, 0) is 13.8 Å². The maximum Gasteiger partial charge on any atom is 0.282 e. The van der Waals surface area contributed by atoms with E-state index in [-0.39, 0.29) is 6.10 Å². The predicted molar refractivity (Wildman–Crippen MR) is 80.4 cm³/mol. The third-order valence-electron chi connectivity index (χ3n) is 4.39. The van der Waals surface area contributed by atoms with Gasteiger partial charge in [0.25, 0.3) is 10.2 Å². The third kappa shape index (κ3) is 3.75. The van der Waals surface area contributed by atoms with E-state index in [1.807, 2.05) is 13.8 Å². The van der Waals surface area contributed by atoms with Gasteiger partial charge < -0.3 is 9.47 Å². The molecule has 7 nitrogen and oxygen atoms in total. The number of hydrogen-bond donors (Lipinski definition) is 0. The Balaban J connectivity index is 1.97. The predicted octanol–water partition coefficient (Wildman–Crippen LogP) is -0.396. The van der Waals surface area contributed by atoms with Crippen LogP contribution in [0.5, 0.6) is 0 Å². The molecule has 0 N–H and O–H groups in total. The molecule has 21 heavy (non-hydrogen) atoms. The number of methoxy groups -OCH3 is 1. The van der Waals surface area contributed by atoms with Crippen molar-refractivity contribution in [2.75, 3.05) is 60.1 Å². The van der Waals surface area contributed by atoms with Crippen molar-refractivity contribution in [2.45, 2.75) is 25.5 Å². The first-order chi connectivity index (χ1) is 9.77. The number of rotatable bonds is 6. The van der Waals surface area contributed by atoms with Gasteiger partial charge in [-0.25, -0.2) is 0 Å². The second-order valence-corrected chi connectivity index (χ2v) is 8.31. The van der Waals surface area contributed by atoms with Crippen molar-refractivity contribution >= 4 is 10.2 Å². The number of morpholine rings is 1. The van der Waals surface area contributed by atoms with Gasteiger partial charge in [0.1, 0.15) is 0 Å². The topological polar surface area (TPSA) is 62.3 Å². The van der Waals surface area contributed by atoms with Crippen LogP contribution in [0.4, 0.5) is 0 Å². The van der Waals surface area contributed by atoms with Crippen LogP contribution < -0.4 is 0 Å². The number of hydrogen-bond acceptors (Lipinski definition) is 5. The first-order valence-electron chi connectivity index (χ1n) is 7.34. The first-order valence-corrected chi connectivity index (χ1v) is 8.74. The Morgan fingerprint density at radius 1 is 1.29 bits per heavy atom. The first kappa shape index (κ1) is 17.1. The second-order valence-electron chi connectivity index (χ2n) is 6.35. The molecule has 0 aromatic carbocycles. The van der Waals surface area contributed by atoms with Crippen molar-refractivity contribution in [3.05, 3.63) is 0 Å². The average Bonchev–Trinajstić information content (AvgIpc) is 2.37. The smallest absolute Gasteiger partial charge is 0.282 e. The fourth-order valence-corrected chi connectivity index (χ4v) is 4.37. The minimum atomic E-state index is -3.42. The Kier molecular flexibility index (Phi) is 5.27. The minimum Gasteiger partial charge on any atom is -0.379 e. The Labute approximate surface area is 128 Å². The van der Waals surface area contributed by atoms with Crippen molar-refractivity contribution in [1.82, 2.24) is 13.5 Å². The standard InChI is InChI=1S/C13H27N3O4S/c1-13(2,11-15-5-7-20-8-6-15)14(3)21(17,18)16-9-12(10-16)19-4/h12H,5-11H2,1-4H3. The lowest BCUT2D eigenvalue weighted by atomic mass is 10.1. The van der Waals surface area contributed by atoms with Gasteiger partial charge in [-0.3, -0.25) is 4.90 Å². The highest BCUT2D eigenvalue weighted by Gasteiger charge is 2.43. The lowest BCUT2D eigenvalue weighted by Crippen LogP contribution is -2.62. The van der Waals surface area contributed by atoms with Gasteiger partial charge in [0.15, 0.2) is 0 Å². The van der Waals surface area contributed by atoms with E-state index in [1.165, 1.54) is 8.61 Å². The second kappa shape index (κ2) is 6.47. The summed E-state index contributed by atoms with van der Waals surface area (Å²) in [4.78, 5) is 2.25. The van der Waals surface area contributed by atoms with E-state index in [9.17, 15) is 8.42 Å². The molecule has 8 heteroatoms. The van der Waals surface area contributed by atoms with Gasteiger partial charge in [-0.1, -0.05) is 0 Å². The van der Waals surface area contributed by atoms with Gasteiger partial charge in [0.2, 0.25) is 0 Å². The van der Waals surface area contributed by atoms with Gasteiger partial charge in [0, 0.05) is 52.4 Å². The average molecular weight is 321 g/mol. The fraction of sp³-hybridized carbons (Fsp3) is 1.00. The van der Waals surface area contributed by atoms with Crippen LogP contribution in [-0.2, 0) is 19.7 Å². The zero-order valence-corrected chi connectivity index (χ0v) is 14.2. The highest BCUT2D eigenvalue weighted by molar-refractivity contribution is 7.86. The maximum atomic E-state index is 12.6. The molecule has 0 saturated carbocycles. The third-order valence-corrected chi connectivity index (χ3v) is 6.52. The summed E-state index contributed by atoms with van der Waals surface area (Å²) in [5.74, 6) is 0. The van der Waals surface area contributed by atoms with Crippen molar-refractivity contribution in [2.24, 2.45) is 0 Å². The molecule has 2 aliphatic heterocycles. The normalized spacial score (nSPS) is 23.5. The van der Waals surface area contributed by atoms with E-state index in [4.69, 9.17) is 9.47 Å². The van der Waals surface area contributed by atoms with E-state index in [1.54, 1.807) is 14.2 Å². The molecule has 0 atom stereocenters. The summed E-state index contributed by atoms with van der Waals surface area (Å²) in [5, 5.41) is 0. The van der Waals surface area contributed by atoms with Crippen molar-refractivity contribution in [1.29, 1.82) is 0 Å². The summed E-state index contributed by atoms with van der Waals surface area (Å²) >= 11 is 0. The molecule has 0 aromatic rings. The van der Waals surface area contributed by atoms with Crippen molar-refractivity contribution < 1.29 is 17.9 Å². The Bertz CT molecular complexity index is 442. The maximum absolute atomic E-state index is 12.6. The van der Waals surface area contributed by atoms with Crippen LogP contribution in [0, 0.1) is 0 Å². The summed E-state index contributed by atoms with van der Waals surface area (Å²) in [6.07, 6.45) is 0.0236. The van der Waals surface area contributed by atoms with Crippen LogP contribution >= 0.6 is 0 Å².